The number of aliphatic hydroxyl groups excluding tert-OH is 1. The van der Waals surface area contributed by atoms with Gasteiger partial charge in [-0.05, 0) is 23.8 Å². The van der Waals surface area contributed by atoms with Crippen LogP contribution in [0.3, 0.4) is 0 Å². The Balaban J connectivity index is 0.00000288. The van der Waals surface area contributed by atoms with Crippen LogP contribution in [-0.4, -0.2) is 48.7 Å². The minimum absolute atomic E-state index is 0. The molecule has 1 atom stereocenters. The van der Waals surface area contributed by atoms with Crippen molar-refractivity contribution in [3.05, 3.63) is 34.3 Å². The molecule has 0 radical (unpaired) electrons. The molecule has 3 nitrogen and oxygen atoms in total. The molecule has 1 fully saturated rings. The normalized spacial score (nSPS) is 18.1. The number of rotatable bonds is 4. The highest BCUT2D eigenvalue weighted by Crippen LogP contribution is 2.40. The van der Waals surface area contributed by atoms with Crippen LogP contribution in [-0.2, 0) is 6.18 Å². The van der Waals surface area contributed by atoms with Gasteiger partial charge in [0.1, 0.15) is 12.6 Å². The van der Waals surface area contributed by atoms with E-state index in [4.69, 9.17) is 16.7 Å². The number of halogens is 7. The van der Waals surface area contributed by atoms with Gasteiger partial charge in [0.25, 0.3) is 5.92 Å². The Labute approximate surface area is 147 Å². The highest BCUT2D eigenvalue weighted by molar-refractivity contribution is 6.30. The summed E-state index contributed by atoms with van der Waals surface area (Å²) in [5.74, 6) is -3.59. The fourth-order valence-corrected chi connectivity index (χ4v) is 2.93. The van der Waals surface area contributed by atoms with Gasteiger partial charge in [-0.3, -0.25) is 4.90 Å². The Hall–Kier alpha value is -0.670. The minimum atomic E-state index is -4.69. The highest BCUT2D eigenvalue weighted by atomic mass is 35.5. The first-order chi connectivity index (χ1) is 10.6. The van der Waals surface area contributed by atoms with E-state index in [9.17, 15) is 22.0 Å². The third kappa shape index (κ3) is 4.92. The summed E-state index contributed by atoms with van der Waals surface area (Å²) >= 11 is 5.69. The Bertz CT molecular complexity index is 550. The summed E-state index contributed by atoms with van der Waals surface area (Å²) in [4.78, 5) is 1.36. The summed E-state index contributed by atoms with van der Waals surface area (Å²) in [5, 5.41) is 11.7. The molecule has 1 aliphatic heterocycles. The van der Waals surface area contributed by atoms with E-state index in [1.807, 2.05) is 0 Å². The molecule has 24 heavy (non-hydrogen) atoms. The predicted molar refractivity (Wildman–Crippen MR) is 82.9 cm³/mol. The van der Waals surface area contributed by atoms with E-state index in [1.54, 1.807) is 0 Å². The summed E-state index contributed by atoms with van der Waals surface area (Å²) in [6.07, 6.45) is -4.69. The molecule has 0 aliphatic carbocycles. The Morgan fingerprint density at radius 1 is 1.12 bits per heavy atom. The second-order valence-electron chi connectivity index (χ2n) is 5.38. The molecule has 0 amide bonds. The molecule has 2 N–H and O–H groups in total. The van der Waals surface area contributed by atoms with Crippen LogP contribution in [0.5, 0.6) is 0 Å². The molecule has 10 heteroatoms. The lowest BCUT2D eigenvalue weighted by atomic mass is 9.96. The van der Waals surface area contributed by atoms with Gasteiger partial charge in [-0.1, -0.05) is 11.6 Å². The van der Waals surface area contributed by atoms with Crippen LogP contribution >= 0.6 is 24.0 Å². The van der Waals surface area contributed by atoms with E-state index >= 15 is 0 Å². The zero-order valence-electron chi connectivity index (χ0n) is 12.4. The minimum Gasteiger partial charge on any atom is -0.390 e. The molecule has 0 bridgehead atoms. The first kappa shape index (κ1) is 21.4. The largest absolute Gasteiger partial charge is 0.416 e. The zero-order valence-corrected chi connectivity index (χ0v) is 14.0. The van der Waals surface area contributed by atoms with Crippen molar-refractivity contribution in [3.8, 4) is 0 Å². The lowest BCUT2D eigenvalue weighted by Crippen LogP contribution is -2.51. The van der Waals surface area contributed by atoms with Crippen LogP contribution in [0.2, 0.25) is 5.02 Å². The Morgan fingerprint density at radius 2 is 1.71 bits per heavy atom. The molecule has 1 heterocycles. The van der Waals surface area contributed by atoms with Crippen molar-refractivity contribution in [1.29, 1.82) is 0 Å². The summed E-state index contributed by atoms with van der Waals surface area (Å²) in [7, 11) is 0. The van der Waals surface area contributed by atoms with Gasteiger partial charge < -0.3 is 10.4 Å². The molecule has 0 unspecified atom stereocenters. The van der Waals surface area contributed by atoms with Crippen molar-refractivity contribution in [2.75, 3.05) is 32.8 Å². The lowest BCUT2D eigenvalue weighted by Gasteiger charge is -2.39. The molecular weight excluding hydrogens is 378 g/mol. The van der Waals surface area contributed by atoms with Crippen molar-refractivity contribution >= 4 is 24.0 Å². The van der Waals surface area contributed by atoms with Gasteiger partial charge in [0.2, 0.25) is 0 Å². The smallest absolute Gasteiger partial charge is 0.390 e. The predicted octanol–water partition coefficient (Wildman–Crippen LogP) is 3.35. The Kier molecular flexibility index (Phi) is 7.25. The summed E-state index contributed by atoms with van der Waals surface area (Å²) in [6.45, 7) is -0.132. The molecule has 2 rings (SSSR count). The van der Waals surface area contributed by atoms with Gasteiger partial charge in [0.05, 0.1) is 5.56 Å². The number of piperazine rings is 1. The number of nitrogens with one attached hydrogen (secondary N) is 1. The first-order valence-corrected chi connectivity index (χ1v) is 7.34. The highest BCUT2D eigenvalue weighted by Gasteiger charge is 2.45. The van der Waals surface area contributed by atoms with Crippen LogP contribution in [0.25, 0.3) is 0 Å². The zero-order chi connectivity index (χ0) is 17.3. The van der Waals surface area contributed by atoms with Crippen molar-refractivity contribution in [2.45, 2.75) is 18.1 Å². The first-order valence-electron chi connectivity index (χ1n) is 6.96. The van der Waals surface area contributed by atoms with E-state index in [1.165, 1.54) is 4.90 Å². The fraction of sp³-hybridized carbons (Fsp3) is 0.571. The summed E-state index contributed by atoms with van der Waals surface area (Å²) in [5.41, 5.74) is -1.35. The SMILES string of the molecule is Cl.OCC(F)(F)[C@@H](c1cc(Cl)cc(C(F)(F)F)c1)N1CCNCC1. The van der Waals surface area contributed by atoms with Crippen LogP contribution in [0, 0.1) is 0 Å². The number of hydrogen-bond donors (Lipinski definition) is 2. The molecule has 1 saturated heterocycles. The van der Waals surface area contributed by atoms with E-state index < -0.39 is 30.3 Å². The van der Waals surface area contributed by atoms with Gasteiger partial charge >= 0.3 is 6.18 Å². The van der Waals surface area contributed by atoms with Crippen LogP contribution in [0.4, 0.5) is 22.0 Å². The van der Waals surface area contributed by atoms with Gasteiger partial charge in [0, 0.05) is 31.2 Å². The van der Waals surface area contributed by atoms with Crippen molar-refractivity contribution < 1.29 is 27.1 Å². The van der Waals surface area contributed by atoms with Gasteiger partial charge in [-0.25, -0.2) is 8.78 Å². The van der Waals surface area contributed by atoms with Crippen molar-refractivity contribution in [2.24, 2.45) is 0 Å². The van der Waals surface area contributed by atoms with E-state index in [2.05, 4.69) is 5.32 Å². The molecule has 1 aliphatic rings. The maximum atomic E-state index is 14.2. The van der Waals surface area contributed by atoms with Crippen LogP contribution < -0.4 is 5.32 Å². The molecule has 0 aromatic heterocycles. The topological polar surface area (TPSA) is 35.5 Å². The maximum Gasteiger partial charge on any atom is 0.416 e. The molecule has 138 valence electrons. The van der Waals surface area contributed by atoms with Gasteiger partial charge in [-0.15, -0.1) is 12.4 Å². The number of nitrogens with zero attached hydrogens (tertiary/aromatic N) is 1. The van der Waals surface area contributed by atoms with E-state index in [-0.39, 0.29) is 36.1 Å². The number of aliphatic hydroxyl groups is 1. The summed E-state index contributed by atoms with van der Waals surface area (Å²) < 4.78 is 67.2. The standard InChI is InChI=1S/C14H16ClF5N2O.ClH/c15-11-6-9(5-10(7-11)14(18,19)20)12(13(16,17)8-23)22-3-1-21-2-4-22;/h5-7,12,21,23H,1-4,8H2;1H/t12-;/m1./s1. The molecular formula is C14H17Cl2F5N2O. The Morgan fingerprint density at radius 3 is 2.21 bits per heavy atom. The second kappa shape index (κ2) is 8.14. The van der Waals surface area contributed by atoms with Gasteiger partial charge in [0.15, 0.2) is 0 Å². The average Bonchev–Trinajstić information content (AvgIpc) is 2.47. The van der Waals surface area contributed by atoms with Crippen molar-refractivity contribution in [3.63, 3.8) is 0 Å². The summed E-state index contributed by atoms with van der Waals surface area (Å²) in [6, 6.07) is 0.779. The molecule has 1 aromatic carbocycles. The van der Waals surface area contributed by atoms with Crippen molar-refractivity contribution in [1.82, 2.24) is 10.2 Å². The number of benzene rings is 1. The fourth-order valence-electron chi connectivity index (χ4n) is 2.68. The van der Waals surface area contributed by atoms with E-state index in [0.29, 0.717) is 25.2 Å². The number of hydrogen-bond acceptors (Lipinski definition) is 3. The van der Waals surface area contributed by atoms with Crippen LogP contribution in [0.15, 0.2) is 18.2 Å². The average molecular weight is 395 g/mol. The maximum absolute atomic E-state index is 14.2. The second-order valence-corrected chi connectivity index (χ2v) is 5.82. The van der Waals surface area contributed by atoms with Gasteiger partial charge in [-0.2, -0.15) is 13.2 Å². The molecule has 0 saturated carbocycles. The molecule has 0 spiro atoms. The van der Waals surface area contributed by atoms with Crippen LogP contribution in [0.1, 0.15) is 17.2 Å². The quantitative estimate of drug-likeness (QED) is 0.768. The third-order valence-corrected chi connectivity index (χ3v) is 3.91. The van der Waals surface area contributed by atoms with E-state index in [0.717, 1.165) is 6.07 Å². The lowest BCUT2D eigenvalue weighted by molar-refractivity contribution is -0.138. The number of alkyl halides is 5. The molecule has 1 aromatic rings. The third-order valence-electron chi connectivity index (χ3n) is 3.69. The monoisotopic (exact) mass is 394 g/mol.